The molecule has 0 saturated carbocycles. The molecule has 2 N–H and O–H groups in total. The molecular weight excluding hydrogens is 481 g/mol. The summed E-state index contributed by atoms with van der Waals surface area (Å²) < 4.78 is 18.5. The number of benzene rings is 3. The number of rotatable bonds is 8. The molecule has 1 aliphatic carbocycles. The van der Waals surface area contributed by atoms with Gasteiger partial charge in [0.25, 0.3) is 0 Å². The zero-order chi connectivity index (χ0) is 26.5. The Hall–Kier alpha value is -3.71. The van der Waals surface area contributed by atoms with Crippen molar-refractivity contribution in [2.24, 2.45) is 0 Å². The molecule has 0 bridgehead atoms. The lowest BCUT2D eigenvalue weighted by molar-refractivity contribution is 0.0526. The van der Waals surface area contributed by atoms with Crippen LogP contribution in [0.3, 0.4) is 0 Å². The largest absolute Gasteiger partial charge is 0.462 e. The van der Waals surface area contributed by atoms with Crippen molar-refractivity contribution in [2.45, 2.75) is 50.6 Å². The van der Waals surface area contributed by atoms with Crippen molar-refractivity contribution in [3.8, 4) is 0 Å². The number of urea groups is 1. The van der Waals surface area contributed by atoms with Gasteiger partial charge in [0, 0.05) is 18.3 Å². The van der Waals surface area contributed by atoms with Crippen LogP contribution in [-0.2, 0) is 24.0 Å². The van der Waals surface area contributed by atoms with Crippen molar-refractivity contribution in [2.75, 3.05) is 25.0 Å². The lowest BCUT2D eigenvalue weighted by Gasteiger charge is -2.37. The summed E-state index contributed by atoms with van der Waals surface area (Å²) in [5.41, 5.74) is 4.11. The molecule has 6 nitrogen and oxygen atoms in total. The van der Waals surface area contributed by atoms with E-state index in [-0.39, 0.29) is 11.8 Å². The third-order valence-corrected chi connectivity index (χ3v) is 7.58. The van der Waals surface area contributed by atoms with E-state index in [1.807, 2.05) is 24.3 Å². The molecule has 0 radical (unpaired) electrons. The van der Waals surface area contributed by atoms with Gasteiger partial charge in [-0.05, 0) is 92.6 Å². The Balaban J connectivity index is 1.32. The number of carbonyl (C=O) groups is 2. The van der Waals surface area contributed by atoms with Crippen molar-refractivity contribution in [1.82, 2.24) is 10.2 Å². The summed E-state index contributed by atoms with van der Waals surface area (Å²) in [5, 5.41) is 6.25. The number of anilines is 1. The van der Waals surface area contributed by atoms with Crippen LogP contribution in [0.25, 0.3) is 0 Å². The summed E-state index contributed by atoms with van der Waals surface area (Å²) in [6.07, 6.45) is 4.53. The maximum absolute atomic E-state index is 13.4. The molecule has 0 aromatic heterocycles. The monoisotopic (exact) mass is 515 g/mol. The first-order valence-corrected chi connectivity index (χ1v) is 13.3. The van der Waals surface area contributed by atoms with E-state index in [4.69, 9.17) is 4.74 Å². The van der Waals surface area contributed by atoms with Crippen molar-refractivity contribution in [1.29, 1.82) is 0 Å². The molecule has 3 aromatic carbocycles. The molecule has 1 unspecified atom stereocenters. The summed E-state index contributed by atoms with van der Waals surface area (Å²) in [7, 11) is 0. The molecule has 5 rings (SSSR count). The first kappa shape index (κ1) is 25.9. The number of nitrogens with zero attached hydrogens (tertiary/aromatic N) is 1. The van der Waals surface area contributed by atoms with E-state index < -0.39 is 11.5 Å². The summed E-state index contributed by atoms with van der Waals surface area (Å²) in [6, 6.07) is 22.0. The second kappa shape index (κ2) is 11.4. The molecular formula is C31H34FN3O3. The summed E-state index contributed by atoms with van der Waals surface area (Å²) in [5.74, 6) is -0.636. The number of hydrogen-bond donors (Lipinski definition) is 2. The van der Waals surface area contributed by atoms with E-state index in [1.54, 1.807) is 31.2 Å². The van der Waals surface area contributed by atoms with Gasteiger partial charge in [-0.15, -0.1) is 0 Å². The van der Waals surface area contributed by atoms with Crippen LogP contribution in [0.2, 0.25) is 0 Å². The van der Waals surface area contributed by atoms with Crippen LogP contribution in [0.1, 0.15) is 46.8 Å². The quantitative estimate of drug-likeness (QED) is 0.396. The van der Waals surface area contributed by atoms with E-state index in [0.717, 1.165) is 50.8 Å². The van der Waals surface area contributed by atoms with Gasteiger partial charge in [0.15, 0.2) is 0 Å². The Bertz CT molecular complexity index is 1270. The number of amides is 2. The zero-order valence-corrected chi connectivity index (χ0v) is 21.7. The zero-order valence-electron chi connectivity index (χ0n) is 21.7. The van der Waals surface area contributed by atoms with Crippen molar-refractivity contribution in [3.05, 3.63) is 101 Å². The van der Waals surface area contributed by atoms with Gasteiger partial charge in [0.2, 0.25) is 0 Å². The topological polar surface area (TPSA) is 70.7 Å². The molecule has 1 fully saturated rings. The third-order valence-electron chi connectivity index (χ3n) is 7.58. The van der Waals surface area contributed by atoms with Gasteiger partial charge < -0.3 is 15.4 Å². The highest BCUT2D eigenvalue weighted by Crippen LogP contribution is 2.33. The molecule has 1 saturated heterocycles. The number of likely N-dealkylation sites (tertiary alicyclic amines) is 1. The molecule has 0 spiro atoms. The Labute approximate surface area is 223 Å². The second-order valence-electron chi connectivity index (χ2n) is 10.4. The minimum Gasteiger partial charge on any atom is -0.462 e. The van der Waals surface area contributed by atoms with Crippen molar-refractivity contribution in [3.63, 3.8) is 0 Å². The maximum Gasteiger partial charge on any atom is 0.338 e. The molecule has 2 amide bonds. The first-order valence-electron chi connectivity index (χ1n) is 13.3. The summed E-state index contributed by atoms with van der Waals surface area (Å²) >= 11 is 0. The molecule has 198 valence electrons. The normalized spacial score (nSPS) is 18.1. The van der Waals surface area contributed by atoms with E-state index in [9.17, 15) is 14.0 Å². The minimum absolute atomic E-state index is 0.220. The molecule has 2 aliphatic rings. The van der Waals surface area contributed by atoms with Gasteiger partial charge in [0.1, 0.15) is 5.82 Å². The molecule has 7 heteroatoms. The van der Waals surface area contributed by atoms with Gasteiger partial charge in [-0.1, -0.05) is 42.5 Å². The number of halogens is 1. The van der Waals surface area contributed by atoms with E-state index in [1.165, 1.54) is 23.3 Å². The van der Waals surface area contributed by atoms with Crippen LogP contribution in [0.15, 0.2) is 72.8 Å². The van der Waals surface area contributed by atoms with E-state index in [0.29, 0.717) is 23.9 Å². The highest BCUT2D eigenvalue weighted by atomic mass is 19.1. The average Bonchev–Trinajstić information content (AvgIpc) is 3.48. The van der Waals surface area contributed by atoms with Crippen LogP contribution in [-0.4, -0.2) is 48.2 Å². The maximum atomic E-state index is 13.4. The Morgan fingerprint density at radius 1 is 1.03 bits per heavy atom. The Morgan fingerprint density at radius 3 is 2.47 bits per heavy atom. The fraction of sp³-hybridized carbons (Fsp3) is 0.355. The molecule has 1 atom stereocenters. The number of carbonyl (C=O) groups excluding carboxylic acids is 2. The summed E-state index contributed by atoms with van der Waals surface area (Å²) in [4.78, 5) is 27.9. The number of esters is 1. The average molecular weight is 516 g/mol. The van der Waals surface area contributed by atoms with E-state index >= 15 is 0 Å². The summed E-state index contributed by atoms with van der Waals surface area (Å²) in [6.45, 7) is 3.74. The van der Waals surface area contributed by atoms with Crippen LogP contribution < -0.4 is 10.6 Å². The fourth-order valence-corrected chi connectivity index (χ4v) is 5.89. The lowest BCUT2D eigenvalue weighted by atomic mass is 9.93. The van der Waals surface area contributed by atoms with Gasteiger partial charge in [-0.25, -0.2) is 14.0 Å². The van der Waals surface area contributed by atoms with Crippen LogP contribution in [0.4, 0.5) is 14.9 Å². The van der Waals surface area contributed by atoms with Crippen LogP contribution >= 0.6 is 0 Å². The minimum atomic E-state index is -0.460. The highest BCUT2D eigenvalue weighted by Gasteiger charge is 2.42. The van der Waals surface area contributed by atoms with Gasteiger partial charge in [-0.3, -0.25) is 4.90 Å². The predicted octanol–water partition coefficient (Wildman–Crippen LogP) is 5.37. The molecule has 3 aromatic rings. The first-order chi connectivity index (χ1) is 18.4. The third kappa shape index (κ3) is 6.05. The highest BCUT2D eigenvalue weighted by molar-refractivity contribution is 5.94. The molecule has 1 heterocycles. The van der Waals surface area contributed by atoms with Gasteiger partial charge in [-0.2, -0.15) is 0 Å². The van der Waals surface area contributed by atoms with Gasteiger partial charge >= 0.3 is 12.0 Å². The van der Waals surface area contributed by atoms with Crippen molar-refractivity contribution < 1.29 is 18.7 Å². The number of nitrogens with one attached hydrogen (secondary N) is 2. The van der Waals surface area contributed by atoms with E-state index in [2.05, 4.69) is 27.7 Å². The lowest BCUT2D eigenvalue weighted by Crippen LogP contribution is -2.58. The van der Waals surface area contributed by atoms with Gasteiger partial charge in [0.05, 0.1) is 17.7 Å². The number of hydrogen-bond acceptors (Lipinski definition) is 4. The second-order valence-corrected chi connectivity index (χ2v) is 10.4. The standard InChI is InChI=1S/C31H34FN3O3/c1-2-38-29(36)23-9-5-10-27(18-23)33-30(37)34-31(19-24-7-3-4-8-25(24)20-31)21-35-16-6-11-28(35)17-22-12-14-26(32)15-13-22/h3-5,7-10,12-15,18,28H,2,6,11,16-17,19-21H2,1H3,(H2,33,34,37). The van der Waals surface area contributed by atoms with Crippen LogP contribution in [0.5, 0.6) is 0 Å². The Morgan fingerprint density at radius 2 is 1.76 bits per heavy atom. The number of fused-ring (bicyclic) bond motifs is 1. The molecule has 38 heavy (non-hydrogen) atoms. The Kier molecular flexibility index (Phi) is 7.74. The van der Waals surface area contributed by atoms with Crippen molar-refractivity contribution >= 4 is 17.7 Å². The fourth-order valence-electron chi connectivity index (χ4n) is 5.89. The predicted molar refractivity (Wildman–Crippen MR) is 146 cm³/mol. The SMILES string of the molecule is CCOC(=O)c1cccc(NC(=O)NC2(CN3CCCC3Cc3ccc(F)cc3)Cc3ccccc3C2)c1. The number of ether oxygens (including phenoxy) is 1. The smallest absolute Gasteiger partial charge is 0.338 e. The van der Waals surface area contributed by atoms with Crippen LogP contribution in [0, 0.1) is 5.82 Å². The molecule has 1 aliphatic heterocycles.